The molecule has 0 atom stereocenters. The lowest BCUT2D eigenvalue weighted by atomic mass is 9.97. The van der Waals surface area contributed by atoms with Gasteiger partial charge in [0.25, 0.3) is 5.91 Å². The molecule has 4 nitrogen and oxygen atoms in total. The van der Waals surface area contributed by atoms with Crippen LogP contribution in [0.25, 0.3) is 0 Å². The van der Waals surface area contributed by atoms with Gasteiger partial charge in [0.05, 0.1) is 12.2 Å². The Bertz CT molecular complexity index is 396. The summed E-state index contributed by atoms with van der Waals surface area (Å²) in [6.07, 6.45) is 1.24. The van der Waals surface area contributed by atoms with E-state index in [1.54, 1.807) is 19.2 Å². The Hall–Kier alpha value is -1.39. The number of hydrogen-bond acceptors (Lipinski definition) is 3. The maximum Gasteiger partial charge on any atom is 0.251 e. The van der Waals surface area contributed by atoms with Crippen LogP contribution in [-0.4, -0.2) is 30.3 Å². The molecule has 4 heteroatoms. The Morgan fingerprint density at radius 1 is 1.26 bits per heavy atom. The first kappa shape index (κ1) is 15.7. The van der Waals surface area contributed by atoms with E-state index in [9.17, 15) is 9.90 Å². The van der Waals surface area contributed by atoms with Gasteiger partial charge < -0.3 is 15.2 Å². The molecule has 106 valence electrons. The second-order valence-electron chi connectivity index (χ2n) is 4.74. The highest BCUT2D eigenvalue weighted by Gasteiger charge is 2.22. The van der Waals surface area contributed by atoms with Crippen molar-refractivity contribution in [3.63, 3.8) is 0 Å². The van der Waals surface area contributed by atoms with Gasteiger partial charge in [-0.25, -0.2) is 0 Å². The fraction of sp³-hybridized carbons (Fsp3) is 0.533. The highest BCUT2D eigenvalue weighted by molar-refractivity contribution is 5.94. The number of amides is 1. The molecule has 1 rings (SSSR count). The first-order valence-electron chi connectivity index (χ1n) is 6.63. The van der Waals surface area contributed by atoms with Crippen LogP contribution < -0.4 is 5.32 Å². The number of benzene rings is 1. The number of hydrogen-bond donors (Lipinski definition) is 2. The van der Waals surface area contributed by atoms with Crippen LogP contribution >= 0.6 is 0 Å². The zero-order chi connectivity index (χ0) is 14.3. The first-order chi connectivity index (χ1) is 9.04. The van der Waals surface area contributed by atoms with Crippen molar-refractivity contribution in [3.8, 4) is 0 Å². The van der Waals surface area contributed by atoms with Crippen LogP contribution in [0.5, 0.6) is 0 Å². The van der Waals surface area contributed by atoms with Crippen LogP contribution in [0.2, 0.25) is 0 Å². The zero-order valence-electron chi connectivity index (χ0n) is 11.9. The molecule has 1 aromatic rings. The highest BCUT2D eigenvalue weighted by atomic mass is 16.5. The minimum absolute atomic E-state index is 0.163. The van der Waals surface area contributed by atoms with Gasteiger partial charge in [0, 0.05) is 19.2 Å². The molecule has 0 aliphatic heterocycles. The summed E-state index contributed by atoms with van der Waals surface area (Å²) < 4.78 is 5.02. The van der Waals surface area contributed by atoms with E-state index in [2.05, 4.69) is 5.32 Å². The Morgan fingerprint density at radius 2 is 1.84 bits per heavy atom. The molecule has 0 saturated carbocycles. The normalized spacial score (nSPS) is 11.4. The van der Waals surface area contributed by atoms with Crippen LogP contribution in [0.3, 0.4) is 0 Å². The summed E-state index contributed by atoms with van der Waals surface area (Å²) >= 11 is 0. The predicted octanol–water partition coefficient (Wildman–Crippen LogP) is 2.11. The van der Waals surface area contributed by atoms with Gasteiger partial charge in [0.1, 0.15) is 0 Å². The van der Waals surface area contributed by atoms with Crippen molar-refractivity contribution in [3.05, 3.63) is 35.4 Å². The van der Waals surface area contributed by atoms with Gasteiger partial charge in [-0.3, -0.25) is 4.79 Å². The molecule has 0 unspecified atom stereocenters. The quantitative estimate of drug-likeness (QED) is 0.794. The van der Waals surface area contributed by atoms with E-state index in [1.807, 2.05) is 26.0 Å². The van der Waals surface area contributed by atoms with Crippen LogP contribution in [0.1, 0.15) is 42.6 Å². The Morgan fingerprint density at radius 3 is 2.32 bits per heavy atom. The molecule has 0 heterocycles. The zero-order valence-corrected chi connectivity index (χ0v) is 11.9. The summed E-state index contributed by atoms with van der Waals surface area (Å²) in [4.78, 5) is 11.9. The minimum atomic E-state index is -0.814. The molecule has 0 aliphatic carbocycles. The molecular weight excluding hydrogens is 242 g/mol. The maximum atomic E-state index is 11.9. The number of nitrogens with one attached hydrogen (secondary N) is 1. The molecule has 0 fully saturated rings. The van der Waals surface area contributed by atoms with Crippen LogP contribution in [-0.2, 0) is 11.3 Å². The molecule has 0 bridgehead atoms. The topological polar surface area (TPSA) is 58.6 Å². The van der Waals surface area contributed by atoms with Gasteiger partial charge in [0.2, 0.25) is 0 Å². The van der Waals surface area contributed by atoms with E-state index in [-0.39, 0.29) is 12.5 Å². The van der Waals surface area contributed by atoms with Crippen molar-refractivity contribution >= 4 is 5.91 Å². The summed E-state index contributed by atoms with van der Waals surface area (Å²) in [5.41, 5.74) is 0.804. The van der Waals surface area contributed by atoms with Crippen molar-refractivity contribution in [1.82, 2.24) is 5.32 Å². The number of aliphatic hydroxyl groups is 1. The minimum Gasteiger partial charge on any atom is -0.388 e. The second kappa shape index (κ2) is 7.26. The van der Waals surface area contributed by atoms with Crippen molar-refractivity contribution in [2.24, 2.45) is 0 Å². The fourth-order valence-corrected chi connectivity index (χ4v) is 1.77. The summed E-state index contributed by atoms with van der Waals surface area (Å²) in [5.74, 6) is -0.163. The number of carbonyl (C=O) groups excluding carboxylic acids is 1. The van der Waals surface area contributed by atoms with E-state index in [0.29, 0.717) is 25.0 Å². The first-order valence-corrected chi connectivity index (χ1v) is 6.63. The van der Waals surface area contributed by atoms with Crippen molar-refractivity contribution in [2.75, 3.05) is 13.7 Å². The van der Waals surface area contributed by atoms with Gasteiger partial charge in [-0.2, -0.15) is 0 Å². The van der Waals surface area contributed by atoms with Gasteiger partial charge >= 0.3 is 0 Å². The number of methoxy groups -OCH3 is 1. The monoisotopic (exact) mass is 265 g/mol. The van der Waals surface area contributed by atoms with Crippen LogP contribution in [0, 0.1) is 0 Å². The summed E-state index contributed by atoms with van der Waals surface area (Å²) in [7, 11) is 1.64. The molecular formula is C15H23NO3. The average Bonchev–Trinajstić information content (AvgIpc) is 2.45. The van der Waals surface area contributed by atoms with Crippen molar-refractivity contribution in [1.29, 1.82) is 0 Å². The van der Waals surface area contributed by atoms with Crippen LogP contribution in [0.15, 0.2) is 24.3 Å². The third kappa shape index (κ3) is 4.65. The SMILES string of the molecule is CCC(O)(CC)CNC(=O)c1ccc(COC)cc1. The van der Waals surface area contributed by atoms with E-state index >= 15 is 0 Å². The standard InChI is InChI=1S/C15H23NO3/c1-4-15(18,5-2)11-16-14(17)13-8-6-12(7-9-13)10-19-3/h6-9,18H,4-5,10-11H2,1-3H3,(H,16,17). The summed E-state index contributed by atoms with van der Waals surface area (Å²) in [5, 5.41) is 12.9. The van der Waals surface area contributed by atoms with E-state index in [0.717, 1.165) is 5.56 Å². The molecule has 0 aliphatic rings. The van der Waals surface area contributed by atoms with Gasteiger partial charge in [0.15, 0.2) is 0 Å². The molecule has 0 aromatic heterocycles. The molecule has 0 radical (unpaired) electrons. The predicted molar refractivity (Wildman–Crippen MR) is 75.0 cm³/mol. The molecule has 2 N–H and O–H groups in total. The number of rotatable bonds is 7. The number of ether oxygens (including phenoxy) is 1. The largest absolute Gasteiger partial charge is 0.388 e. The molecule has 0 spiro atoms. The van der Waals surface area contributed by atoms with E-state index in [1.165, 1.54) is 0 Å². The third-order valence-electron chi connectivity index (χ3n) is 3.42. The van der Waals surface area contributed by atoms with Crippen LogP contribution in [0.4, 0.5) is 0 Å². The molecule has 19 heavy (non-hydrogen) atoms. The Labute approximate surface area is 114 Å². The van der Waals surface area contributed by atoms with Gasteiger partial charge in [-0.05, 0) is 30.5 Å². The maximum absolute atomic E-state index is 11.9. The second-order valence-corrected chi connectivity index (χ2v) is 4.74. The van der Waals surface area contributed by atoms with Crippen molar-refractivity contribution < 1.29 is 14.6 Å². The average molecular weight is 265 g/mol. The lowest BCUT2D eigenvalue weighted by Crippen LogP contribution is -2.42. The smallest absolute Gasteiger partial charge is 0.251 e. The molecule has 0 saturated heterocycles. The van der Waals surface area contributed by atoms with Gasteiger partial charge in [-0.1, -0.05) is 26.0 Å². The lowest BCUT2D eigenvalue weighted by Gasteiger charge is -2.25. The highest BCUT2D eigenvalue weighted by Crippen LogP contribution is 2.13. The summed E-state index contributed by atoms with van der Waals surface area (Å²) in [6.45, 7) is 4.64. The summed E-state index contributed by atoms with van der Waals surface area (Å²) in [6, 6.07) is 7.26. The van der Waals surface area contributed by atoms with E-state index < -0.39 is 5.60 Å². The lowest BCUT2D eigenvalue weighted by molar-refractivity contribution is 0.0314. The fourth-order valence-electron chi connectivity index (χ4n) is 1.77. The van der Waals surface area contributed by atoms with E-state index in [4.69, 9.17) is 4.74 Å². The number of carbonyl (C=O) groups is 1. The Balaban J connectivity index is 2.58. The Kier molecular flexibility index (Phi) is 5.99. The third-order valence-corrected chi connectivity index (χ3v) is 3.42. The molecule has 1 amide bonds. The molecule has 1 aromatic carbocycles. The van der Waals surface area contributed by atoms with Crippen molar-refractivity contribution in [2.45, 2.75) is 38.9 Å². The van der Waals surface area contributed by atoms with Gasteiger partial charge in [-0.15, -0.1) is 0 Å².